The smallest absolute Gasteiger partial charge is 0.419 e. The van der Waals surface area contributed by atoms with Crippen LogP contribution in [0.25, 0.3) is 10.8 Å². The average molecular weight is 469 g/mol. The van der Waals surface area contributed by atoms with Gasteiger partial charge in [0.1, 0.15) is 0 Å². The van der Waals surface area contributed by atoms with Crippen LogP contribution < -0.4 is 10.9 Å². The zero-order valence-electron chi connectivity index (χ0n) is 17.5. The standard InChI is InChI=1S/C22H20F5N3O3/c1-3-10-8-21(33,22(25,26)27)19(12-7-14(23)17(24)18(31)16(10)12)29-15-6-4-5-11-13(15)9-28-30(2)20(11)32/h4-7,9-10,19,29,31,33H,3,8H2,1-2H3/t10-,19+,21-/m1/s1. The summed E-state index contributed by atoms with van der Waals surface area (Å²) < 4.78 is 72.0. The van der Waals surface area contributed by atoms with E-state index >= 15 is 0 Å². The third kappa shape index (κ3) is 3.41. The Morgan fingerprint density at radius 2 is 1.97 bits per heavy atom. The predicted molar refractivity (Wildman–Crippen MR) is 110 cm³/mol. The first-order valence-corrected chi connectivity index (χ1v) is 10.1. The Bertz CT molecular complexity index is 1310. The Kier molecular flexibility index (Phi) is 5.35. The van der Waals surface area contributed by atoms with Gasteiger partial charge in [0.25, 0.3) is 5.56 Å². The highest BCUT2D eigenvalue weighted by Crippen LogP contribution is 2.55. The number of alkyl halides is 3. The highest BCUT2D eigenvalue weighted by atomic mass is 19.4. The molecule has 4 rings (SSSR count). The lowest BCUT2D eigenvalue weighted by atomic mass is 9.69. The van der Waals surface area contributed by atoms with Gasteiger partial charge in [-0.1, -0.05) is 13.0 Å². The summed E-state index contributed by atoms with van der Waals surface area (Å²) in [6.07, 6.45) is -4.74. The Hall–Kier alpha value is -3.21. The minimum Gasteiger partial charge on any atom is -0.505 e. The molecule has 1 aliphatic carbocycles. The molecule has 3 atom stereocenters. The third-order valence-electron chi connectivity index (χ3n) is 6.29. The van der Waals surface area contributed by atoms with Crippen LogP contribution in [-0.2, 0) is 7.05 Å². The first-order chi connectivity index (χ1) is 15.4. The van der Waals surface area contributed by atoms with Crippen molar-refractivity contribution in [2.75, 3.05) is 5.32 Å². The Labute approximate surface area is 184 Å². The summed E-state index contributed by atoms with van der Waals surface area (Å²) in [6.45, 7) is 1.52. The second-order valence-corrected chi connectivity index (χ2v) is 8.17. The monoisotopic (exact) mass is 469 g/mol. The summed E-state index contributed by atoms with van der Waals surface area (Å²) in [6, 6.07) is 2.82. The zero-order valence-corrected chi connectivity index (χ0v) is 17.5. The molecule has 176 valence electrons. The van der Waals surface area contributed by atoms with Crippen LogP contribution in [-0.4, -0.2) is 31.8 Å². The molecule has 2 aromatic carbocycles. The summed E-state index contributed by atoms with van der Waals surface area (Å²) in [5.41, 5.74) is -4.47. The highest BCUT2D eigenvalue weighted by molar-refractivity contribution is 5.92. The van der Waals surface area contributed by atoms with Crippen molar-refractivity contribution in [2.45, 2.75) is 43.5 Å². The number of hydrogen-bond acceptors (Lipinski definition) is 5. The molecule has 0 fully saturated rings. The van der Waals surface area contributed by atoms with Gasteiger partial charge in [-0.2, -0.15) is 22.7 Å². The summed E-state index contributed by atoms with van der Waals surface area (Å²) in [5, 5.41) is 28.0. The van der Waals surface area contributed by atoms with E-state index in [4.69, 9.17) is 0 Å². The highest BCUT2D eigenvalue weighted by Gasteiger charge is 2.62. The number of hydrogen-bond donors (Lipinski definition) is 3. The van der Waals surface area contributed by atoms with Crippen molar-refractivity contribution in [3.8, 4) is 5.75 Å². The number of aryl methyl sites for hydroxylation is 1. The number of aromatic nitrogens is 2. The van der Waals surface area contributed by atoms with E-state index in [0.717, 1.165) is 4.68 Å². The fraction of sp³-hybridized carbons (Fsp3) is 0.364. The SMILES string of the molecule is CC[C@@H]1C[C@](O)(C(F)(F)F)[C@@H](Nc2cccc3c(=O)n(C)ncc23)c2cc(F)c(F)c(O)c21. The number of halogens is 5. The van der Waals surface area contributed by atoms with E-state index in [0.29, 0.717) is 6.07 Å². The maximum atomic E-state index is 14.2. The molecule has 6 nitrogen and oxygen atoms in total. The van der Waals surface area contributed by atoms with Gasteiger partial charge in [0.15, 0.2) is 17.2 Å². The van der Waals surface area contributed by atoms with Gasteiger partial charge in [-0.25, -0.2) is 9.07 Å². The fourth-order valence-electron chi connectivity index (χ4n) is 4.53. The topological polar surface area (TPSA) is 87.4 Å². The fourth-order valence-corrected chi connectivity index (χ4v) is 4.53. The summed E-state index contributed by atoms with van der Waals surface area (Å²) in [7, 11) is 1.41. The molecule has 3 aromatic rings. The Morgan fingerprint density at radius 3 is 2.61 bits per heavy atom. The molecule has 3 N–H and O–H groups in total. The second-order valence-electron chi connectivity index (χ2n) is 8.17. The Morgan fingerprint density at radius 1 is 1.27 bits per heavy atom. The number of nitrogens with zero attached hydrogens (tertiary/aromatic N) is 2. The molecule has 0 bridgehead atoms. The van der Waals surface area contributed by atoms with Crippen molar-refractivity contribution in [1.29, 1.82) is 0 Å². The molecule has 0 amide bonds. The molecule has 0 unspecified atom stereocenters. The number of rotatable bonds is 3. The molecule has 0 saturated heterocycles. The average Bonchev–Trinajstić information content (AvgIpc) is 2.75. The first kappa shape index (κ1) is 23.0. The number of nitrogens with one attached hydrogen (secondary N) is 1. The number of anilines is 1. The Balaban J connectivity index is 1.98. The largest absolute Gasteiger partial charge is 0.505 e. The van der Waals surface area contributed by atoms with E-state index < -0.39 is 58.7 Å². The van der Waals surface area contributed by atoms with Crippen LogP contribution in [0.5, 0.6) is 5.75 Å². The summed E-state index contributed by atoms with van der Waals surface area (Å²) in [4.78, 5) is 12.4. The molecule has 0 spiro atoms. The number of phenols is 1. The van der Waals surface area contributed by atoms with Gasteiger partial charge in [-0.3, -0.25) is 4.79 Å². The number of fused-ring (bicyclic) bond motifs is 2. The minimum absolute atomic E-state index is 0.0236. The van der Waals surface area contributed by atoms with E-state index in [9.17, 15) is 37.0 Å². The van der Waals surface area contributed by atoms with Gasteiger partial charge >= 0.3 is 6.18 Å². The van der Waals surface area contributed by atoms with Crippen LogP contribution in [0.15, 0.2) is 35.3 Å². The van der Waals surface area contributed by atoms with Crippen molar-refractivity contribution >= 4 is 16.5 Å². The third-order valence-corrected chi connectivity index (χ3v) is 6.29. The molecule has 0 aliphatic heterocycles. The van der Waals surface area contributed by atoms with Crippen molar-refractivity contribution in [1.82, 2.24) is 9.78 Å². The van der Waals surface area contributed by atoms with E-state index in [-0.39, 0.29) is 28.4 Å². The number of aliphatic hydroxyl groups is 1. The number of aromatic hydroxyl groups is 1. The van der Waals surface area contributed by atoms with Crippen LogP contribution in [0.2, 0.25) is 0 Å². The van der Waals surface area contributed by atoms with Gasteiger partial charge < -0.3 is 15.5 Å². The molecule has 33 heavy (non-hydrogen) atoms. The molecule has 11 heteroatoms. The maximum Gasteiger partial charge on any atom is 0.419 e. The number of benzene rings is 2. The van der Waals surface area contributed by atoms with E-state index in [1.165, 1.54) is 38.4 Å². The molecule has 1 aliphatic rings. The maximum absolute atomic E-state index is 14.2. The van der Waals surface area contributed by atoms with Gasteiger partial charge in [0.05, 0.1) is 17.6 Å². The van der Waals surface area contributed by atoms with E-state index in [1.54, 1.807) is 0 Å². The second kappa shape index (κ2) is 7.68. The van der Waals surface area contributed by atoms with Crippen molar-refractivity contribution in [3.05, 3.63) is 63.6 Å². The molecular weight excluding hydrogens is 449 g/mol. The van der Waals surface area contributed by atoms with Crippen LogP contribution >= 0.6 is 0 Å². The van der Waals surface area contributed by atoms with Gasteiger partial charge in [0.2, 0.25) is 5.82 Å². The quantitative estimate of drug-likeness (QED) is 0.499. The molecule has 1 heterocycles. The molecule has 0 saturated carbocycles. The van der Waals surface area contributed by atoms with Crippen LogP contribution in [0.3, 0.4) is 0 Å². The first-order valence-electron chi connectivity index (χ1n) is 10.1. The van der Waals surface area contributed by atoms with Gasteiger partial charge in [0, 0.05) is 23.7 Å². The molecule has 0 radical (unpaired) electrons. The summed E-state index contributed by atoms with van der Waals surface area (Å²) >= 11 is 0. The van der Waals surface area contributed by atoms with Crippen LogP contribution in [0.1, 0.15) is 42.9 Å². The lowest BCUT2D eigenvalue weighted by Crippen LogP contribution is -2.55. The normalized spacial score (nSPS) is 22.9. The van der Waals surface area contributed by atoms with Gasteiger partial charge in [-0.15, -0.1) is 0 Å². The lowest BCUT2D eigenvalue weighted by molar-refractivity contribution is -0.272. The molecular formula is C22H20F5N3O3. The minimum atomic E-state index is -5.16. The van der Waals surface area contributed by atoms with E-state index in [1.807, 2.05) is 0 Å². The van der Waals surface area contributed by atoms with Gasteiger partial charge in [-0.05, 0) is 42.5 Å². The summed E-state index contributed by atoms with van der Waals surface area (Å²) in [5.74, 6) is -5.28. The lowest BCUT2D eigenvalue weighted by Gasteiger charge is -2.46. The zero-order chi connectivity index (χ0) is 24.3. The van der Waals surface area contributed by atoms with Crippen LogP contribution in [0.4, 0.5) is 27.6 Å². The van der Waals surface area contributed by atoms with Crippen molar-refractivity contribution < 1.29 is 32.2 Å². The van der Waals surface area contributed by atoms with Crippen molar-refractivity contribution in [3.63, 3.8) is 0 Å². The predicted octanol–water partition coefficient (Wildman–Crippen LogP) is 4.26. The van der Waals surface area contributed by atoms with E-state index in [2.05, 4.69) is 10.4 Å². The van der Waals surface area contributed by atoms with Crippen molar-refractivity contribution in [2.24, 2.45) is 7.05 Å². The van der Waals surface area contributed by atoms with Crippen LogP contribution in [0, 0.1) is 11.6 Å². The molecule has 1 aromatic heterocycles. The number of phenolic OH excluding ortho intramolecular Hbond substituents is 1.